The first-order chi connectivity index (χ1) is 11.1. The van der Waals surface area contributed by atoms with Gasteiger partial charge in [-0.3, -0.25) is 4.99 Å². The van der Waals surface area contributed by atoms with Gasteiger partial charge in [-0.15, -0.1) is 24.0 Å². The lowest BCUT2D eigenvalue weighted by molar-refractivity contribution is 0.0241. The van der Waals surface area contributed by atoms with Gasteiger partial charge in [0, 0.05) is 33.8 Å². The van der Waals surface area contributed by atoms with E-state index in [1.807, 2.05) is 6.92 Å². The normalized spacial score (nSPS) is 14.2. The number of sulfonamides is 1. The van der Waals surface area contributed by atoms with Crippen LogP contribution in [0, 0.1) is 5.41 Å². The van der Waals surface area contributed by atoms with Crippen LogP contribution in [0.25, 0.3) is 0 Å². The molecule has 25 heavy (non-hydrogen) atoms. The van der Waals surface area contributed by atoms with Gasteiger partial charge in [0.2, 0.25) is 10.0 Å². The van der Waals surface area contributed by atoms with Gasteiger partial charge in [-0.25, -0.2) is 12.7 Å². The third-order valence-electron chi connectivity index (χ3n) is 3.79. The van der Waals surface area contributed by atoms with E-state index < -0.39 is 10.0 Å². The van der Waals surface area contributed by atoms with Crippen LogP contribution in [0.3, 0.4) is 0 Å². The van der Waals surface area contributed by atoms with Crippen molar-refractivity contribution in [2.45, 2.75) is 47.1 Å². The molecule has 9 heteroatoms. The topological polar surface area (TPSA) is 83.0 Å². The molecule has 0 aromatic heterocycles. The molecule has 0 radical (unpaired) electrons. The highest BCUT2D eigenvalue weighted by Crippen LogP contribution is 2.21. The summed E-state index contributed by atoms with van der Waals surface area (Å²) in [4.78, 5) is 4.57. The monoisotopic (exact) mass is 492 g/mol. The van der Waals surface area contributed by atoms with Crippen molar-refractivity contribution >= 4 is 40.0 Å². The second-order valence-electron chi connectivity index (χ2n) is 6.81. The molecule has 0 aromatic rings. The molecule has 2 N–H and O–H groups in total. The van der Waals surface area contributed by atoms with Crippen molar-refractivity contribution in [3.8, 4) is 0 Å². The molecule has 0 saturated heterocycles. The number of hydrogen-bond acceptors (Lipinski definition) is 4. The van der Waals surface area contributed by atoms with Crippen LogP contribution in [0.1, 0.15) is 41.0 Å². The van der Waals surface area contributed by atoms with Crippen LogP contribution in [0.4, 0.5) is 0 Å². The van der Waals surface area contributed by atoms with Gasteiger partial charge in [0.1, 0.15) is 0 Å². The molecule has 1 unspecified atom stereocenters. The number of halogens is 1. The van der Waals surface area contributed by atoms with Gasteiger partial charge in [-0.1, -0.05) is 20.8 Å². The SMILES string of the molecule is CCNC(=NCC(OC)C(C)(C)C)NCCCN(C)S(=O)(=O)CC.I. The van der Waals surface area contributed by atoms with E-state index in [0.29, 0.717) is 26.1 Å². The summed E-state index contributed by atoms with van der Waals surface area (Å²) in [5.41, 5.74) is 0.0206. The maximum Gasteiger partial charge on any atom is 0.213 e. The standard InChI is InChI=1S/C16H36N4O3S.HI/c1-8-17-15(19-13-14(23-7)16(3,4)5)18-11-10-12-20(6)24(21,22)9-2;/h14H,8-13H2,1-7H3,(H2,17,18,19);1H. The molecule has 0 fully saturated rings. The van der Waals surface area contributed by atoms with Gasteiger partial charge in [-0.2, -0.15) is 0 Å². The minimum Gasteiger partial charge on any atom is -0.379 e. The van der Waals surface area contributed by atoms with Gasteiger partial charge in [0.05, 0.1) is 18.4 Å². The number of hydrogen-bond donors (Lipinski definition) is 2. The number of nitrogens with zero attached hydrogens (tertiary/aromatic N) is 2. The van der Waals surface area contributed by atoms with Crippen molar-refractivity contribution in [2.75, 3.05) is 46.1 Å². The fourth-order valence-electron chi connectivity index (χ4n) is 2.09. The van der Waals surface area contributed by atoms with Crippen LogP contribution < -0.4 is 10.6 Å². The van der Waals surface area contributed by atoms with Crippen molar-refractivity contribution < 1.29 is 13.2 Å². The summed E-state index contributed by atoms with van der Waals surface area (Å²) in [7, 11) is 0.213. The van der Waals surface area contributed by atoms with Crippen LogP contribution in [0.2, 0.25) is 0 Å². The third-order valence-corrected chi connectivity index (χ3v) is 5.65. The molecule has 0 rings (SSSR count). The zero-order valence-electron chi connectivity index (χ0n) is 16.8. The van der Waals surface area contributed by atoms with Gasteiger partial charge in [-0.05, 0) is 25.7 Å². The molecule has 0 aliphatic carbocycles. The minimum atomic E-state index is -3.11. The van der Waals surface area contributed by atoms with Gasteiger partial charge < -0.3 is 15.4 Å². The summed E-state index contributed by atoms with van der Waals surface area (Å²) in [6, 6.07) is 0. The summed E-state index contributed by atoms with van der Waals surface area (Å²) >= 11 is 0. The smallest absolute Gasteiger partial charge is 0.213 e. The second kappa shape index (κ2) is 13.1. The van der Waals surface area contributed by atoms with Gasteiger partial charge >= 0.3 is 0 Å². The first kappa shape index (κ1) is 27.1. The van der Waals surface area contributed by atoms with E-state index in [1.54, 1.807) is 21.1 Å². The molecular weight excluding hydrogens is 455 g/mol. The highest BCUT2D eigenvalue weighted by atomic mass is 127. The number of nitrogens with one attached hydrogen (secondary N) is 2. The largest absolute Gasteiger partial charge is 0.379 e. The molecule has 0 bridgehead atoms. The lowest BCUT2D eigenvalue weighted by Crippen LogP contribution is -2.40. The van der Waals surface area contributed by atoms with Crippen LogP contribution in [0.15, 0.2) is 4.99 Å². The van der Waals surface area contributed by atoms with Crippen LogP contribution in [-0.4, -0.2) is 70.9 Å². The van der Waals surface area contributed by atoms with Crippen LogP contribution in [-0.2, 0) is 14.8 Å². The summed E-state index contributed by atoms with van der Waals surface area (Å²) in [6.45, 7) is 12.5. The fraction of sp³-hybridized carbons (Fsp3) is 0.938. The molecule has 7 nitrogen and oxygen atoms in total. The predicted molar refractivity (Wildman–Crippen MR) is 116 cm³/mol. The summed E-state index contributed by atoms with van der Waals surface area (Å²) in [5, 5.41) is 6.43. The average molecular weight is 492 g/mol. The maximum atomic E-state index is 11.7. The van der Waals surface area contributed by atoms with Crippen molar-refractivity contribution in [1.82, 2.24) is 14.9 Å². The van der Waals surface area contributed by atoms with E-state index in [4.69, 9.17) is 4.74 Å². The molecule has 0 spiro atoms. The molecule has 152 valence electrons. The molecule has 0 aliphatic heterocycles. The van der Waals surface area contributed by atoms with E-state index in [9.17, 15) is 8.42 Å². The number of rotatable bonds is 10. The zero-order valence-corrected chi connectivity index (χ0v) is 19.9. The Morgan fingerprint density at radius 2 is 1.84 bits per heavy atom. The van der Waals surface area contributed by atoms with Crippen molar-refractivity contribution in [1.29, 1.82) is 0 Å². The Kier molecular flexibility index (Phi) is 14.2. The Balaban J connectivity index is 0. The Morgan fingerprint density at radius 1 is 1.24 bits per heavy atom. The Labute approximate surface area is 171 Å². The number of aliphatic imine (C=N–C) groups is 1. The van der Waals surface area contributed by atoms with E-state index >= 15 is 0 Å². The van der Waals surface area contributed by atoms with E-state index in [2.05, 4.69) is 36.4 Å². The third kappa shape index (κ3) is 11.2. The zero-order chi connectivity index (χ0) is 18.8. The second-order valence-corrected chi connectivity index (χ2v) is 9.18. The van der Waals surface area contributed by atoms with Crippen molar-refractivity contribution in [3.63, 3.8) is 0 Å². The Hall–Kier alpha value is -0.130. The molecule has 0 amide bonds. The van der Waals surface area contributed by atoms with E-state index in [1.165, 1.54) is 4.31 Å². The van der Waals surface area contributed by atoms with Gasteiger partial charge in [0.25, 0.3) is 0 Å². The molecule has 0 aliphatic rings. The molecule has 0 saturated carbocycles. The number of methoxy groups -OCH3 is 1. The minimum absolute atomic E-state index is 0. The fourth-order valence-corrected chi connectivity index (χ4v) is 2.93. The summed E-state index contributed by atoms with van der Waals surface area (Å²) < 4.78 is 30.3. The first-order valence-corrected chi connectivity index (χ1v) is 10.2. The van der Waals surface area contributed by atoms with Crippen molar-refractivity contribution in [2.24, 2.45) is 10.4 Å². The lowest BCUT2D eigenvalue weighted by Gasteiger charge is -2.28. The summed E-state index contributed by atoms with van der Waals surface area (Å²) in [6.07, 6.45) is 0.751. The first-order valence-electron chi connectivity index (χ1n) is 8.57. The van der Waals surface area contributed by atoms with E-state index in [-0.39, 0.29) is 41.2 Å². The van der Waals surface area contributed by atoms with Crippen LogP contribution in [0.5, 0.6) is 0 Å². The highest BCUT2D eigenvalue weighted by molar-refractivity contribution is 14.0. The molecule has 0 aromatic carbocycles. The van der Waals surface area contributed by atoms with Crippen LogP contribution >= 0.6 is 24.0 Å². The van der Waals surface area contributed by atoms with E-state index in [0.717, 1.165) is 12.5 Å². The Morgan fingerprint density at radius 3 is 2.28 bits per heavy atom. The average Bonchev–Trinajstić information content (AvgIpc) is 2.50. The number of ether oxygens (including phenoxy) is 1. The molecule has 0 heterocycles. The maximum absolute atomic E-state index is 11.7. The lowest BCUT2D eigenvalue weighted by atomic mass is 9.89. The van der Waals surface area contributed by atoms with Gasteiger partial charge in [0.15, 0.2) is 5.96 Å². The quantitative estimate of drug-likeness (QED) is 0.211. The number of guanidine groups is 1. The molecular formula is C16H37IN4O3S. The Bertz CT molecular complexity index is 478. The highest BCUT2D eigenvalue weighted by Gasteiger charge is 2.24. The molecule has 1 atom stereocenters. The van der Waals surface area contributed by atoms with Crippen molar-refractivity contribution in [3.05, 3.63) is 0 Å². The summed E-state index contributed by atoms with van der Waals surface area (Å²) in [5.74, 6) is 0.858. The predicted octanol–water partition coefficient (Wildman–Crippen LogP) is 1.89.